The van der Waals surface area contributed by atoms with E-state index in [4.69, 9.17) is 0 Å². The summed E-state index contributed by atoms with van der Waals surface area (Å²) in [5, 5.41) is 0. The van der Waals surface area contributed by atoms with E-state index in [1.165, 1.54) is 24.5 Å². The largest absolute Gasteiger partial charge is 0.416 e. The molecule has 1 aromatic heterocycles. The van der Waals surface area contributed by atoms with Gasteiger partial charge in [0.1, 0.15) is 0 Å². The van der Waals surface area contributed by atoms with Crippen LogP contribution >= 0.6 is 0 Å². The summed E-state index contributed by atoms with van der Waals surface area (Å²) in [5.41, 5.74) is -3.03. The monoisotopic (exact) mass is 384 g/mol. The lowest BCUT2D eigenvalue weighted by Gasteiger charge is -2.14. The maximum absolute atomic E-state index is 12.8. The van der Waals surface area contributed by atoms with Crippen molar-refractivity contribution >= 4 is 10.0 Å². The predicted molar refractivity (Wildman–Crippen MR) is 74.7 cm³/mol. The van der Waals surface area contributed by atoms with Crippen LogP contribution in [0, 0.1) is 0 Å². The number of aromatic nitrogens is 1. The predicted octanol–water partition coefficient (Wildman–Crippen LogP) is 3.60. The molecule has 0 spiro atoms. The molecule has 2 rings (SSSR count). The fourth-order valence-electron chi connectivity index (χ4n) is 1.85. The molecule has 2 aromatic rings. The molecule has 0 aliphatic heterocycles. The highest BCUT2D eigenvalue weighted by molar-refractivity contribution is 7.89. The number of nitrogens with one attached hydrogen (secondary N) is 1. The zero-order valence-corrected chi connectivity index (χ0v) is 13.0. The Balaban J connectivity index is 2.42. The molecular formula is C14H10F6N2O2S. The Bertz CT molecular complexity index is 816. The van der Waals surface area contributed by atoms with Crippen LogP contribution in [0.2, 0.25) is 0 Å². The zero-order valence-electron chi connectivity index (χ0n) is 12.2. The van der Waals surface area contributed by atoms with E-state index < -0.39 is 38.4 Å². The number of benzene rings is 1. The lowest BCUT2D eigenvalue weighted by atomic mass is 10.1. The van der Waals surface area contributed by atoms with Crippen LogP contribution in [0.3, 0.4) is 0 Å². The van der Waals surface area contributed by atoms with Gasteiger partial charge in [-0.05, 0) is 29.8 Å². The molecule has 0 unspecified atom stereocenters. The molecule has 0 saturated carbocycles. The third-order valence-corrected chi connectivity index (χ3v) is 4.44. The molecule has 0 amide bonds. The average Bonchev–Trinajstić information content (AvgIpc) is 2.52. The van der Waals surface area contributed by atoms with Crippen molar-refractivity contribution in [3.05, 3.63) is 59.4 Å². The van der Waals surface area contributed by atoms with Crippen LogP contribution in [0.15, 0.2) is 47.6 Å². The number of halogens is 6. The van der Waals surface area contributed by atoms with E-state index in [1.54, 1.807) is 0 Å². The maximum Gasteiger partial charge on any atom is 0.416 e. The van der Waals surface area contributed by atoms with Gasteiger partial charge in [0.05, 0.1) is 16.0 Å². The highest BCUT2D eigenvalue weighted by atomic mass is 32.2. The minimum Gasteiger partial charge on any atom is -0.264 e. The first-order chi connectivity index (χ1) is 11.4. The van der Waals surface area contributed by atoms with Crippen molar-refractivity contribution in [3.8, 4) is 0 Å². The SMILES string of the molecule is O=S(=O)(NCc1cccnc1)c1cc(C(F)(F)F)cc(C(F)(F)F)c1. The van der Waals surface area contributed by atoms with Crippen LogP contribution in [0.4, 0.5) is 26.3 Å². The Morgan fingerprint density at radius 2 is 1.52 bits per heavy atom. The Labute approximate surface area is 138 Å². The molecule has 0 bridgehead atoms. The van der Waals surface area contributed by atoms with Crippen LogP contribution < -0.4 is 4.72 Å². The van der Waals surface area contributed by atoms with E-state index in [0.717, 1.165) is 0 Å². The molecule has 4 nitrogen and oxygen atoms in total. The summed E-state index contributed by atoms with van der Waals surface area (Å²) in [6.45, 7) is -0.340. The number of sulfonamides is 1. The molecule has 136 valence electrons. The van der Waals surface area contributed by atoms with Gasteiger partial charge in [0, 0.05) is 18.9 Å². The van der Waals surface area contributed by atoms with Gasteiger partial charge in [-0.2, -0.15) is 26.3 Å². The van der Waals surface area contributed by atoms with Crippen molar-refractivity contribution in [1.82, 2.24) is 9.71 Å². The summed E-state index contributed by atoms with van der Waals surface area (Å²) in [5.74, 6) is 0. The van der Waals surface area contributed by atoms with E-state index in [9.17, 15) is 34.8 Å². The summed E-state index contributed by atoms with van der Waals surface area (Å²) in [6.07, 6.45) is -7.54. The molecule has 0 aliphatic carbocycles. The lowest BCUT2D eigenvalue weighted by molar-refractivity contribution is -0.143. The van der Waals surface area contributed by atoms with Crippen molar-refractivity contribution in [1.29, 1.82) is 0 Å². The Kier molecular flexibility index (Phi) is 5.09. The smallest absolute Gasteiger partial charge is 0.264 e. The first-order valence-electron chi connectivity index (χ1n) is 6.58. The summed E-state index contributed by atoms with van der Waals surface area (Å²) >= 11 is 0. The highest BCUT2D eigenvalue weighted by Crippen LogP contribution is 2.37. The molecule has 1 heterocycles. The van der Waals surface area contributed by atoms with E-state index in [0.29, 0.717) is 5.56 Å². The topological polar surface area (TPSA) is 59.1 Å². The Morgan fingerprint density at radius 3 is 1.96 bits per heavy atom. The summed E-state index contributed by atoms with van der Waals surface area (Å²) in [4.78, 5) is 2.59. The van der Waals surface area contributed by atoms with Crippen molar-refractivity contribution in [2.45, 2.75) is 23.8 Å². The fourth-order valence-corrected chi connectivity index (χ4v) is 2.93. The quantitative estimate of drug-likeness (QED) is 0.820. The third-order valence-electron chi connectivity index (χ3n) is 3.06. The van der Waals surface area contributed by atoms with Gasteiger partial charge in [0.15, 0.2) is 0 Å². The normalized spacial score (nSPS) is 13.0. The second-order valence-electron chi connectivity index (χ2n) is 4.93. The molecule has 0 fully saturated rings. The number of hydrogen-bond acceptors (Lipinski definition) is 3. The van der Waals surface area contributed by atoms with Crippen LogP contribution in [-0.2, 0) is 28.9 Å². The van der Waals surface area contributed by atoms with E-state index in [1.807, 2.05) is 4.72 Å². The second kappa shape index (κ2) is 6.64. The minimum absolute atomic E-state index is 0.139. The lowest BCUT2D eigenvalue weighted by Crippen LogP contribution is -2.24. The molecule has 1 aromatic carbocycles. The van der Waals surface area contributed by atoms with Crippen LogP contribution in [0.5, 0.6) is 0 Å². The van der Waals surface area contributed by atoms with Gasteiger partial charge in [0.25, 0.3) is 0 Å². The third kappa shape index (κ3) is 4.92. The number of hydrogen-bond donors (Lipinski definition) is 1. The van der Waals surface area contributed by atoms with Crippen molar-refractivity contribution < 1.29 is 34.8 Å². The van der Waals surface area contributed by atoms with Gasteiger partial charge in [-0.25, -0.2) is 13.1 Å². The zero-order chi connectivity index (χ0) is 18.9. The molecule has 25 heavy (non-hydrogen) atoms. The molecular weight excluding hydrogens is 374 g/mol. The van der Waals surface area contributed by atoms with Gasteiger partial charge < -0.3 is 0 Å². The van der Waals surface area contributed by atoms with Gasteiger partial charge >= 0.3 is 12.4 Å². The van der Waals surface area contributed by atoms with Crippen LogP contribution in [-0.4, -0.2) is 13.4 Å². The number of nitrogens with zero attached hydrogens (tertiary/aromatic N) is 1. The number of alkyl halides is 6. The van der Waals surface area contributed by atoms with E-state index in [-0.39, 0.29) is 24.7 Å². The Morgan fingerprint density at radius 1 is 0.960 bits per heavy atom. The van der Waals surface area contributed by atoms with Crippen molar-refractivity contribution in [2.75, 3.05) is 0 Å². The summed E-state index contributed by atoms with van der Waals surface area (Å²) in [6, 6.07) is 3.15. The van der Waals surface area contributed by atoms with E-state index >= 15 is 0 Å². The van der Waals surface area contributed by atoms with Gasteiger partial charge in [-0.15, -0.1) is 0 Å². The maximum atomic E-state index is 12.8. The standard InChI is InChI=1S/C14H10F6N2O2S/c15-13(16,17)10-4-11(14(18,19)20)6-12(5-10)25(23,24)22-8-9-2-1-3-21-7-9/h1-7,22H,8H2. The first kappa shape index (κ1) is 19.2. The molecule has 0 aliphatic rings. The molecule has 0 saturated heterocycles. The number of rotatable bonds is 4. The van der Waals surface area contributed by atoms with Crippen molar-refractivity contribution in [2.24, 2.45) is 0 Å². The highest BCUT2D eigenvalue weighted by Gasteiger charge is 2.38. The summed E-state index contributed by atoms with van der Waals surface area (Å²) < 4.78 is 103. The molecule has 11 heteroatoms. The molecule has 0 radical (unpaired) electrons. The van der Waals surface area contributed by atoms with Gasteiger partial charge in [0.2, 0.25) is 10.0 Å². The van der Waals surface area contributed by atoms with Crippen LogP contribution in [0.1, 0.15) is 16.7 Å². The first-order valence-corrected chi connectivity index (χ1v) is 8.06. The number of pyridine rings is 1. The Hall–Kier alpha value is -2.14. The molecule has 0 atom stereocenters. The van der Waals surface area contributed by atoms with E-state index in [2.05, 4.69) is 4.98 Å². The molecule has 1 N–H and O–H groups in total. The van der Waals surface area contributed by atoms with Crippen LogP contribution in [0.25, 0.3) is 0 Å². The van der Waals surface area contributed by atoms with Gasteiger partial charge in [-0.3, -0.25) is 4.98 Å². The van der Waals surface area contributed by atoms with Crippen molar-refractivity contribution in [3.63, 3.8) is 0 Å². The second-order valence-corrected chi connectivity index (χ2v) is 6.69. The summed E-state index contributed by atoms with van der Waals surface area (Å²) in [7, 11) is -4.60. The fraction of sp³-hybridized carbons (Fsp3) is 0.214. The minimum atomic E-state index is -5.13. The average molecular weight is 384 g/mol. The van der Waals surface area contributed by atoms with Gasteiger partial charge in [-0.1, -0.05) is 6.07 Å².